The summed E-state index contributed by atoms with van der Waals surface area (Å²) in [6.07, 6.45) is -1.79. The SMILES string of the molecule is CC(C)Oc1ncccc1C(O)c1cc2c(N(C(=O)OC(C)(C)C)C(=O)OC(C)(C)C)nc(-c3cccc(C#N)c3)nc2s1. The van der Waals surface area contributed by atoms with E-state index >= 15 is 0 Å². The number of hydrogen-bond acceptors (Lipinski definition) is 11. The molecule has 11 nitrogen and oxygen atoms in total. The van der Waals surface area contributed by atoms with Gasteiger partial charge in [-0.15, -0.1) is 11.3 Å². The maximum absolute atomic E-state index is 13.6. The molecule has 0 saturated carbocycles. The first-order chi connectivity index (χ1) is 20.6. The Bertz CT molecular complexity index is 1700. The molecule has 1 unspecified atom stereocenters. The fraction of sp³-hybridized carbons (Fsp3) is 0.375. The molecular formula is C32H35N5O6S. The number of fused-ring (bicyclic) bond motifs is 1. The molecule has 12 heteroatoms. The highest BCUT2D eigenvalue weighted by Gasteiger charge is 2.36. The Balaban J connectivity index is 1.97. The molecule has 1 atom stereocenters. The van der Waals surface area contributed by atoms with Crippen molar-refractivity contribution >= 4 is 39.6 Å². The van der Waals surface area contributed by atoms with Crippen LogP contribution in [0.15, 0.2) is 48.7 Å². The average molecular weight is 618 g/mol. The second kappa shape index (κ2) is 12.6. The quantitative estimate of drug-likeness (QED) is 0.236. The number of benzene rings is 1. The lowest BCUT2D eigenvalue weighted by Gasteiger charge is -2.28. The Hall–Kier alpha value is -4.60. The Morgan fingerprint density at radius 3 is 2.23 bits per heavy atom. The summed E-state index contributed by atoms with van der Waals surface area (Å²) in [5, 5.41) is 21.3. The summed E-state index contributed by atoms with van der Waals surface area (Å²) in [5.41, 5.74) is -0.607. The molecule has 0 radical (unpaired) electrons. The molecule has 1 N–H and O–H groups in total. The van der Waals surface area contributed by atoms with Gasteiger partial charge in [-0.25, -0.2) is 24.5 Å². The van der Waals surface area contributed by atoms with Crippen LogP contribution in [0.5, 0.6) is 5.88 Å². The van der Waals surface area contributed by atoms with Gasteiger partial charge >= 0.3 is 12.2 Å². The van der Waals surface area contributed by atoms with Gasteiger partial charge in [0.1, 0.15) is 22.1 Å². The Labute approximate surface area is 260 Å². The highest BCUT2D eigenvalue weighted by atomic mass is 32.1. The number of nitrogens with zero attached hydrogens (tertiary/aromatic N) is 5. The number of pyridine rings is 1. The smallest absolute Gasteiger partial charge is 0.425 e. The number of anilines is 1. The first kappa shape index (κ1) is 32.3. The summed E-state index contributed by atoms with van der Waals surface area (Å²) >= 11 is 1.15. The second-order valence-corrected chi connectivity index (χ2v) is 13.3. The van der Waals surface area contributed by atoms with Crippen LogP contribution in [0.3, 0.4) is 0 Å². The van der Waals surface area contributed by atoms with Crippen LogP contribution in [0.4, 0.5) is 15.4 Å². The van der Waals surface area contributed by atoms with Gasteiger partial charge in [0.2, 0.25) is 5.88 Å². The predicted molar refractivity (Wildman–Crippen MR) is 167 cm³/mol. The van der Waals surface area contributed by atoms with E-state index in [1.54, 1.807) is 90.2 Å². The largest absolute Gasteiger partial charge is 0.475 e. The van der Waals surface area contributed by atoms with Crippen molar-refractivity contribution in [2.24, 2.45) is 0 Å². The van der Waals surface area contributed by atoms with Gasteiger partial charge in [0, 0.05) is 22.2 Å². The van der Waals surface area contributed by atoms with Crippen molar-refractivity contribution in [3.63, 3.8) is 0 Å². The van der Waals surface area contributed by atoms with Crippen molar-refractivity contribution in [1.82, 2.24) is 15.0 Å². The molecule has 0 spiro atoms. The first-order valence-corrected chi connectivity index (χ1v) is 14.8. The van der Waals surface area contributed by atoms with E-state index in [2.05, 4.69) is 16.0 Å². The molecule has 0 saturated heterocycles. The molecule has 0 aliphatic carbocycles. The minimum Gasteiger partial charge on any atom is -0.475 e. The Morgan fingerprint density at radius 2 is 1.64 bits per heavy atom. The third-order valence-corrected chi connectivity index (χ3v) is 6.80. The number of amides is 2. The van der Waals surface area contributed by atoms with Crippen molar-refractivity contribution in [1.29, 1.82) is 5.26 Å². The summed E-state index contributed by atoms with van der Waals surface area (Å²) in [7, 11) is 0. The number of aromatic nitrogens is 3. The van der Waals surface area contributed by atoms with Crippen LogP contribution in [0.25, 0.3) is 21.6 Å². The monoisotopic (exact) mass is 617 g/mol. The predicted octanol–water partition coefficient (Wildman–Crippen LogP) is 7.17. The van der Waals surface area contributed by atoms with E-state index < -0.39 is 29.5 Å². The lowest BCUT2D eigenvalue weighted by molar-refractivity contribution is 0.0429. The van der Waals surface area contributed by atoms with Crippen LogP contribution in [-0.4, -0.2) is 49.6 Å². The summed E-state index contributed by atoms with van der Waals surface area (Å²) in [6, 6.07) is 13.7. The number of ether oxygens (including phenoxy) is 3. The zero-order valence-electron chi connectivity index (χ0n) is 25.9. The Kier molecular flexibility index (Phi) is 9.22. The Morgan fingerprint density at radius 1 is 0.977 bits per heavy atom. The molecule has 0 bridgehead atoms. The van der Waals surface area contributed by atoms with Crippen LogP contribution < -0.4 is 9.64 Å². The van der Waals surface area contributed by atoms with Crippen molar-refractivity contribution in [3.05, 3.63) is 64.7 Å². The lowest BCUT2D eigenvalue weighted by Crippen LogP contribution is -2.44. The van der Waals surface area contributed by atoms with Gasteiger partial charge in [0.05, 0.1) is 23.1 Å². The summed E-state index contributed by atoms with van der Waals surface area (Å²) in [4.78, 5) is 42.4. The van der Waals surface area contributed by atoms with Gasteiger partial charge in [-0.1, -0.05) is 12.1 Å². The summed E-state index contributed by atoms with van der Waals surface area (Å²) in [5.74, 6) is 0.321. The number of rotatable bonds is 6. The van der Waals surface area contributed by atoms with E-state index in [1.165, 1.54) is 0 Å². The van der Waals surface area contributed by atoms with Gasteiger partial charge in [-0.2, -0.15) is 10.2 Å². The standard InChI is InChI=1S/C32H35N5O6S/c1-18(2)41-27-21(13-10-14-34-27)24(38)23-16-22-26(37(29(39)42-31(3,4)5)30(40)43-32(6,7)8)35-25(36-28(22)44-23)20-12-9-11-19(15-20)17-33/h9-16,18,24,38H,1-8H3. The van der Waals surface area contributed by atoms with E-state index in [0.717, 1.165) is 16.2 Å². The van der Waals surface area contributed by atoms with Crippen LogP contribution >= 0.6 is 11.3 Å². The highest BCUT2D eigenvalue weighted by Crippen LogP contribution is 2.40. The zero-order valence-corrected chi connectivity index (χ0v) is 26.7. The van der Waals surface area contributed by atoms with Crippen LogP contribution in [-0.2, 0) is 9.47 Å². The summed E-state index contributed by atoms with van der Waals surface area (Å²) < 4.78 is 17.0. The maximum atomic E-state index is 13.6. The van der Waals surface area contributed by atoms with Crippen molar-refractivity contribution < 1.29 is 28.9 Å². The van der Waals surface area contributed by atoms with Gasteiger partial charge in [0.25, 0.3) is 0 Å². The number of thiophene rings is 1. The molecule has 230 valence electrons. The third kappa shape index (κ3) is 7.67. The molecule has 4 aromatic rings. The van der Waals surface area contributed by atoms with E-state index in [0.29, 0.717) is 31.8 Å². The van der Waals surface area contributed by atoms with E-state index in [1.807, 2.05) is 13.8 Å². The molecule has 4 rings (SSSR count). The number of nitriles is 1. The van der Waals surface area contributed by atoms with E-state index in [9.17, 15) is 20.0 Å². The normalized spacial score (nSPS) is 12.5. The number of hydrogen-bond donors (Lipinski definition) is 1. The number of imide groups is 1. The number of carbonyl (C=O) groups is 2. The topological polar surface area (TPSA) is 148 Å². The molecule has 44 heavy (non-hydrogen) atoms. The lowest BCUT2D eigenvalue weighted by atomic mass is 10.1. The molecule has 0 fully saturated rings. The van der Waals surface area contributed by atoms with Crippen molar-refractivity contribution in [3.8, 4) is 23.3 Å². The molecule has 1 aromatic carbocycles. The molecule has 0 aliphatic rings. The third-order valence-electron chi connectivity index (χ3n) is 5.72. The number of carbonyl (C=O) groups excluding carboxylic acids is 2. The van der Waals surface area contributed by atoms with Gasteiger partial charge < -0.3 is 19.3 Å². The van der Waals surface area contributed by atoms with Crippen molar-refractivity contribution in [2.75, 3.05) is 4.90 Å². The second-order valence-electron chi connectivity index (χ2n) is 12.2. The average Bonchev–Trinajstić information content (AvgIpc) is 3.35. The first-order valence-electron chi connectivity index (χ1n) is 13.9. The fourth-order valence-corrected chi connectivity index (χ4v) is 5.07. The highest BCUT2D eigenvalue weighted by molar-refractivity contribution is 7.18. The maximum Gasteiger partial charge on any atom is 0.425 e. The van der Waals surface area contributed by atoms with Crippen LogP contribution in [0.1, 0.15) is 77.5 Å². The van der Waals surface area contributed by atoms with Gasteiger partial charge in [-0.3, -0.25) is 0 Å². The van der Waals surface area contributed by atoms with Crippen LogP contribution in [0.2, 0.25) is 0 Å². The van der Waals surface area contributed by atoms with Crippen LogP contribution in [0, 0.1) is 11.3 Å². The van der Waals surface area contributed by atoms with Crippen molar-refractivity contribution in [2.45, 2.75) is 78.8 Å². The molecular weight excluding hydrogens is 582 g/mol. The van der Waals surface area contributed by atoms with Gasteiger partial charge in [0.15, 0.2) is 11.6 Å². The summed E-state index contributed by atoms with van der Waals surface area (Å²) in [6.45, 7) is 13.8. The minimum absolute atomic E-state index is 0.101. The number of aliphatic hydroxyl groups is 1. The minimum atomic E-state index is -1.17. The van der Waals surface area contributed by atoms with E-state index in [-0.39, 0.29) is 23.6 Å². The zero-order chi connectivity index (χ0) is 32.4. The van der Waals surface area contributed by atoms with E-state index in [4.69, 9.17) is 19.2 Å². The van der Waals surface area contributed by atoms with Gasteiger partial charge in [-0.05, 0) is 85.7 Å². The number of aliphatic hydroxyl groups excluding tert-OH is 1. The molecule has 2 amide bonds. The molecule has 3 aromatic heterocycles. The fourth-order valence-electron chi connectivity index (χ4n) is 4.04. The molecule has 3 heterocycles. The molecule has 0 aliphatic heterocycles.